The van der Waals surface area contributed by atoms with Gasteiger partial charge >= 0.3 is 0 Å². The van der Waals surface area contributed by atoms with Gasteiger partial charge in [0.15, 0.2) is 5.69 Å². The molecule has 140 valence electrons. The van der Waals surface area contributed by atoms with Gasteiger partial charge in [-0.15, -0.1) is 10.2 Å². The number of nitrogens with one attached hydrogen (secondary N) is 1. The summed E-state index contributed by atoms with van der Waals surface area (Å²) in [7, 11) is 0. The SMILES string of the molecule is Cc1ccccc1-n1nc(C(=O)Nc2nnc(C(C)(C)C)s2)c2c1CCC2. The van der Waals surface area contributed by atoms with Gasteiger partial charge in [-0.1, -0.05) is 50.3 Å². The summed E-state index contributed by atoms with van der Waals surface area (Å²) < 4.78 is 1.94. The Hall–Kier alpha value is -2.54. The Kier molecular flexibility index (Phi) is 4.34. The van der Waals surface area contributed by atoms with Crippen molar-refractivity contribution >= 4 is 22.4 Å². The predicted molar refractivity (Wildman–Crippen MR) is 107 cm³/mol. The lowest BCUT2D eigenvalue weighted by Gasteiger charge is -2.12. The third kappa shape index (κ3) is 3.27. The van der Waals surface area contributed by atoms with E-state index in [0.29, 0.717) is 10.8 Å². The molecule has 0 bridgehead atoms. The first-order chi connectivity index (χ1) is 12.8. The molecule has 27 heavy (non-hydrogen) atoms. The van der Waals surface area contributed by atoms with E-state index in [1.54, 1.807) is 0 Å². The van der Waals surface area contributed by atoms with Crippen LogP contribution in [0.15, 0.2) is 24.3 Å². The molecule has 7 heteroatoms. The number of amides is 1. The van der Waals surface area contributed by atoms with E-state index in [2.05, 4.69) is 54.4 Å². The van der Waals surface area contributed by atoms with E-state index in [1.807, 2.05) is 22.9 Å². The number of carbonyl (C=O) groups excluding carboxylic acids is 1. The molecular weight excluding hydrogens is 358 g/mol. The molecule has 0 spiro atoms. The van der Waals surface area contributed by atoms with Crippen LogP contribution in [0.2, 0.25) is 0 Å². The highest BCUT2D eigenvalue weighted by Gasteiger charge is 2.28. The lowest BCUT2D eigenvalue weighted by molar-refractivity contribution is 0.102. The maximum Gasteiger partial charge on any atom is 0.278 e. The summed E-state index contributed by atoms with van der Waals surface area (Å²) in [4.78, 5) is 12.9. The van der Waals surface area contributed by atoms with Crippen LogP contribution in [0.1, 0.15) is 59.5 Å². The molecule has 0 fully saturated rings. The van der Waals surface area contributed by atoms with Crippen LogP contribution in [-0.4, -0.2) is 25.9 Å². The molecule has 6 nitrogen and oxygen atoms in total. The number of para-hydroxylation sites is 1. The van der Waals surface area contributed by atoms with Crippen molar-refractivity contribution in [3.63, 3.8) is 0 Å². The van der Waals surface area contributed by atoms with E-state index in [9.17, 15) is 4.79 Å². The van der Waals surface area contributed by atoms with Crippen LogP contribution < -0.4 is 5.32 Å². The maximum atomic E-state index is 12.9. The number of nitrogens with zero attached hydrogens (tertiary/aromatic N) is 4. The molecule has 0 unspecified atom stereocenters. The van der Waals surface area contributed by atoms with Gasteiger partial charge in [0.25, 0.3) is 5.91 Å². The average Bonchev–Trinajstić information content (AvgIpc) is 3.30. The van der Waals surface area contributed by atoms with E-state index in [1.165, 1.54) is 11.3 Å². The van der Waals surface area contributed by atoms with Gasteiger partial charge in [-0.3, -0.25) is 10.1 Å². The molecule has 0 atom stereocenters. The summed E-state index contributed by atoms with van der Waals surface area (Å²) in [6.45, 7) is 8.30. The molecule has 1 aromatic carbocycles. The Bertz CT molecular complexity index is 1010. The second-order valence-electron chi connectivity index (χ2n) is 7.94. The summed E-state index contributed by atoms with van der Waals surface area (Å²) >= 11 is 1.41. The minimum absolute atomic E-state index is 0.0890. The zero-order chi connectivity index (χ0) is 19.2. The van der Waals surface area contributed by atoms with Crippen LogP contribution in [0.3, 0.4) is 0 Å². The van der Waals surface area contributed by atoms with Crippen molar-refractivity contribution in [3.8, 4) is 5.69 Å². The van der Waals surface area contributed by atoms with Gasteiger partial charge in [0.05, 0.1) is 5.69 Å². The standard InChI is InChI=1S/C20H23N5OS/c1-12-8-5-6-10-14(12)25-15-11-7-9-13(15)16(24-25)17(26)21-19-23-22-18(27-19)20(2,3)4/h5-6,8,10H,7,9,11H2,1-4H3,(H,21,23,26). The average molecular weight is 382 g/mol. The molecular formula is C20H23N5OS. The Balaban J connectivity index is 1.66. The summed E-state index contributed by atoms with van der Waals surface area (Å²) in [5, 5.41) is 17.3. The summed E-state index contributed by atoms with van der Waals surface area (Å²) in [5.74, 6) is -0.211. The molecule has 4 rings (SSSR count). The molecule has 1 aliphatic carbocycles. The van der Waals surface area contributed by atoms with Crippen LogP contribution >= 0.6 is 11.3 Å². The third-order valence-corrected chi connectivity index (χ3v) is 6.04. The fourth-order valence-corrected chi connectivity index (χ4v) is 4.15. The second kappa shape index (κ2) is 6.56. The Morgan fingerprint density at radius 3 is 2.67 bits per heavy atom. The predicted octanol–water partition coefficient (Wildman–Crippen LogP) is 4.07. The molecule has 1 N–H and O–H groups in total. The minimum atomic E-state index is -0.211. The van der Waals surface area contributed by atoms with Crippen LogP contribution in [0.4, 0.5) is 5.13 Å². The number of aryl methyl sites for hydroxylation is 1. The number of anilines is 1. The molecule has 1 amide bonds. The van der Waals surface area contributed by atoms with Gasteiger partial charge in [0.2, 0.25) is 5.13 Å². The summed E-state index contributed by atoms with van der Waals surface area (Å²) in [5.41, 5.74) is 4.77. The van der Waals surface area contributed by atoms with Gasteiger partial charge < -0.3 is 0 Å². The fourth-order valence-electron chi connectivity index (χ4n) is 3.35. The first-order valence-corrected chi connectivity index (χ1v) is 9.98. The largest absolute Gasteiger partial charge is 0.295 e. The third-order valence-electron chi connectivity index (χ3n) is 4.78. The van der Waals surface area contributed by atoms with Crippen molar-refractivity contribution in [2.75, 3.05) is 5.32 Å². The topological polar surface area (TPSA) is 72.7 Å². The van der Waals surface area contributed by atoms with Gasteiger partial charge in [0, 0.05) is 16.7 Å². The lowest BCUT2D eigenvalue weighted by atomic mass is 9.98. The zero-order valence-corrected chi connectivity index (χ0v) is 16.9. The van der Waals surface area contributed by atoms with E-state index in [0.717, 1.165) is 46.8 Å². The molecule has 0 aliphatic heterocycles. The number of fused-ring (bicyclic) bond motifs is 1. The van der Waals surface area contributed by atoms with E-state index < -0.39 is 0 Å². The Morgan fingerprint density at radius 1 is 1.19 bits per heavy atom. The van der Waals surface area contributed by atoms with E-state index in [4.69, 9.17) is 0 Å². The normalized spacial score (nSPS) is 13.6. The molecule has 1 aliphatic rings. The van der Waals surface area contributed by atoms with Gasteiger partial charge in [0.1, 0.15) is 5.01 Å². The maximum absolute atomic E-state index is 12.9. The molecule has 2 heterocycles. The van der Waals surface area contributed by atoms with E-state index in [-0.39, 0.29) is 11.3 Å². The first kappa shape index (κ1) is 17.9. The van der Waals surface area contributed by atoms with Crippen molar-refractivity contribution in [1.29, 1.82) is 0 Å². The molecule has 2 aromatic heterocycles. The monoisotopic (exact) mass is 381 g/mol. The van der Waals surface area contributed by atoms with Crippen molar-refractivity contribution < 1.29 is 4.79 Å². The number of aromatic nitrogens is 4. The Morgan fingerprint density at radius 2 is 1.96 bits per heavy atom. The molecule has 3 aromatic rings. The molecule has 0 saturated heterocycles. The van der Waals surface area contributed by atoms with Gasteiger partial charge in [-0.05, 0) is 37.8 Å². The fraction of sp³-hybridized carbons (Fsp3) is 0.400. The van der Waals surface area contributed by atoms with Crippen LogP contribution in [0, 0.1) is 6.92 Å². The Labute approximate surface area is 162 Å². The molecule has 0 radical (unpaired) electrons. The summed E-state index contributed by atoms with van der Waals surface area (Å²) in [6.07, 6.45) is 2.87. The van der Waals surface area contributed by atoms with Crippen molar-refractivity contribution in [3.05, 3.63) is 51.8 Å². The second-order valence-corrected chi connectivity index (χ2v) is 8.92. The van der Waals surface area contributed by atoms with Crippen LogP contribution in [0.25, 0.3) is 5.69 Å². The lowest BCUT2D eigenvalue weighted by Crippen LogP contribution is -2.15. The highest BCUT2D eigenvalue weighted by atomic mass is 32.1. The smallest absolute Gasteiger partial charge is 0.278 e. The van der Waals surface area contributed by atoms with E-state index >= 15 is 0 Å². The number of benzene rings is 1. The zero-order valence-electron chi connectivity index (χ0n) is 16.0. The highest BCUT2D eigenvalue weighted by molar-refractivity contribution is 7.15. The number of carbonyl (C=O) groups is 1. The number of hydrogen-bond acceptors (Lipinski definition) is 5. The van der Waals surface area contributed by atoms with Crippen LogP contribution in [0.5, 0.6) is 0 Å². The van der Waals surface area contributed by atoms with Crippen molar-refractivity contribution in [2.24, 2.45) is 0 Å². The first-order valence-electron chi connectivity index (χ1n) is 9.16. The van der Waals surface area contributed by atoms with Gasteiger partial charge in [-0.2, -0.15) is 5.10 Å². The molecule has 0 saturated carbocycles. The minimum Gasteiger partial charge on any atom is -0.295 e. The summed E-state index contributed by atoms with van der Waals surface area (Å²) in [6, 6.07) is 8.12. The quantitative estimate of drug-likeness (QED) is 0.742. The van der Waals surface area contributed by atoms with Gasteiger partial charge in [-0.25, -0.2) is 4.68 Å². The van der Waals surface area contributed by atoms with Crippen LogP contribution in [-0.2, 0) is 18.3 Å². The number of hydrogen-bond donors (Lipinski definition) is 1. The highest BCUT2D eigenvalue weighted by Crippen LogP contribution is 2.31. The van der Waals surface area contributed by atoms with Crippen molar-refractivity contribution in [2.45, 2.75) is 52.4 Å². The number of rotatable bonds is 3. The van der Waals surface area contributed by atoms with Crippen molar-refractivity contribution in [1.82, 2.24) is 20.0 Å².